The zero-order chi connectivity index (χ0) is 24.0. The van der Waals surface area contributed by atoms with Gasteiger partial charge in [0, 0.05) is 23.7 Å². The molecule has 7 heteroatoms. The van der Waals surface area contributed by atoms with Gasteiger partial charge in [-0.25, -0.2) is 4.98 Å². The number of nitrogens with zero attached hydrogens (tertiary/aromatic N) is 4. The number of methoxy groups -OCH3 is 1. The topological polar surface area (TPSA) is 68.2 Å². The molecule has 176 valence electrons. The minimum absolute atomic E-state index is 0.0883. The van der Waals surface area contributed by atoms with Gasteiger partial charge in [-0.05, 0) is 30.5 Å². The van der Waals surface area contributed by atoms with Crippen LogP contribution in [0, 0.1) is 0 Å². The molecule has 0 N–H and O–H groups in total. The van der Waals surface area contributed by atoms with Crippen LogP contribution in [0.15, 0.2) is 90.1 Å². The Morgan fingerprint density at radius 1 is 0.886 bits per heavy atom. The Balaban J connectivity index is 1.33. The highest BCUT2D eigenvalue weighted by molar-refractivity contribution is 7.99. The van der Waals surface area contributed by atoms with Crippen molar-refractivity contribution in [2.45, 2.75) is 30.6 Å². The van der Waals surface area contributed by atoms with E-state index in [4.69, 9.17) is 9.72 Å². The van der Waals surface area contributed by atoms with Crippen LogP contribution in [0.5, 0.6) is 5.75 Å². The summed E-state index contributed by atoms with van der Waals surface area (Å²) < 4.78 is 5.24. The largest absolute Gasteiger partial charge is 0.497 e. The molecular weight excluding hydrogens is 456 g/mol. The van der Waals surface area contributed by atoms with E-state index < -0.39 is 0 Å². The van der Waals surface area contributed by atoms with Crippen molar-refractivity contribution in [2.24, 2.45) is 0 Å². The Bertz CT molecular complexity index is 1280. The Hall–Kier alpha value is -3.71. The van der Waals surface area contributed by atoms with Gasteiger partial charge in [-0.2, -0.15) is 0 Å². The van der Waals surface area contributed by atoms with Gasteiger partial charge in [0.15, 0.2) is 0 Å². The summed E-state index contributed by atoms with van der Waals surface area (Å²) in [6.07, 6.45) is 2.10. The summed E-state index contributed by atoms with van der Waals surface area (Å²) in [5.41, 5.74) is 4.50. The molecule has 1 saturated carbocycles. The van der Waals surface area contributed by atoms with E-state index in [-0.39, 0.29) is 11.7 Å². The minimum atomic E-state index is 0.0883. The average Bonchev–Trinajstić information content (AvgIpc) is 3.77. The van der Waals surface area contributed by atoms with Crippen LogP contribution < -0.4 is 4.74 Å². The van der Waals surface area contributed by atoms with Crippen LogP contribution >= 0.6 is 11.8 Å². The molecule has 3 aromatic carbocycles. The van der Waals surface area contributed by atoms with Crippen LogP contribution in [-0.2, 0) is 11.3 Å². The van der Waals surface area contributed by atoms with Crippen molar-refractivity contribution in [2.75, 3.05) is 12.9 Å². The van der Waals surface area contributed by atoms with E-state index in [0.29, 0.717) is 17.7 Å². The molecule has 1 amide bonds. The number of carbonyl (C=O) groups excluding carboxylic acids is 1. The number of aromatic nitrogens is 3. The fourth-order valence-corrected chi connectivity index (χ4v) is 4.58. The smallest absolute Gasteiger partial charge is 0.233 e. The van der Waals surface area contributed by atoms with Gasteiger partial charge in [0.2, 0.25) is 11.1 Å². The number of amides is 1. The zero-order valence-electron chi connectivity index (χ0n) is 19.5. The highest BCUT2D eigenvalue weighted by atomic mass is 32.2. The molecule has 4 aromatic rings. The van der Waals surface area contributed by atoms with E-state index in [9.17, 15) is 4.79 Å². The Morgan fingerprint density at radius 2 is 1.51 bits per heavy atom. The number of ether oxygens (including phenoxy) is 1. The van der Waals surface area contributed by atoms with Gasteiger partial charge >= 0.3 is 0 Å². The van der Waals surface area contributed by atoms with Crippen molar-refractivity contribution in [1.82, 2.24) is 20.1 Å². The number of hydrogen-bond donors (Lipinski definition) is 0. The summed E-state index contributed by atoms with van der Waals surface area (Å²) in [4.78, 5) is 20.0. The highest BCUT2D eigenvalue weighted by Gasteiger charge is 2.32. The first kappa shape index (κ1) is 23.1. The average molecular weight is 483 g/mol. The van der Waals surface area contributed by atoms with Crippen molar-refractivity contribution in [3.05, 3.63) is 90.5 Å². The summed E-state index contributed by atoms with van der Waals surface area (Å²) >= 11 is 1.34. The lowest BCUT2D eigenvalue weighted by Gasteiger charge is -2.22. The molecule has 1 aliphatic rings. The molecule has 0 saturated heterocycles. The lowest BCUT2D eigenvalue weighted by atomic mass is 10.0. The second-order valence-electron chi connectivity index (χ2n) is 8.41. The second kappa shape index (κ2) is 10.7. The van der Waals surface area contributed by atoms with Gasteiger partial charge < -0.3 is 9.64 Å². The molecule has 0 atom stereocenters. The molecule has 0 unspecified atom stereocenters. The maximum atomic E-state index is 13.2. The molecule has 0 bridgehead atoms. The number of thioether (sulfide) groups is 1. The number of carbonyl (C=O) groups is 1. The first-order valence-electron chi connectivity index (χ1n) is 11.6. The van der Waals surface area contributed by atoms with Gasteiger partial charge in [-0.15, -0.1) is 10.2 Å². The van der Waals surface area contributed by atoms with Crippen LogP contribution in [0.25, 0.3) is 22.5 Å². The molecule has 1 aliphatic carbocycles. The van der Waals surface area contributed by atoms with Crippen molar-refractivity contribution >= 4 is 17.7 Å². The van der Waals surface area contributed by atoms with E-state index in [1.165, 1.54) is 11.8 Å². The van der Waals surface area contributed by atoms with Gasteiger partial charge in [0.25, 0.3) is 0 Å². The van der Waals surface area contributed by atoms with Gasteiger partial charge in [0.1, 0.15) is 17.1 Å². The molecular formula is C28H26N4O2S. The van der Waals surface area contributed by atoms with Crippen molar-refractivity contribution in [3.8, 4) is 28.3 Å². The number of rotatable bonds is 9. The van der Waals surface area contributed by atoms with Crippen molar-refractivity contribution < 1.29 is 9.53 Å². The quantitative estimate of drug-likeness (QED) is 0.294. The molecule has 1 fully saturated rings. The second-order valence-corrected chi connectivity index (χ2v) is 9.36. The lowest BCUT2D eigenvalue weighted by Crippen LogP contribution is -2.34. The lowest BCUT2D eigenvalue weighted by molar-refractivity contribution is -0.129. The fraction of sp³-hybridized carbons (Fsp3) is 0.214. The fourth-order valence-electron chi connectivity index (χ4n) is 3.90. The third kappa shape index (κ3) is 5.69. The number of hydrogen-bond acceptors (Lipinski definition) is 6. The molecule has 1 heterocycles. The highest BCUT2D eigenvalue weighted by Crippen LogP contribution is 2.32. The predicted molar refractivity (Wildman–Crippen MR) is 138 cm³/mol. The third-order valence-corrected chi connectivity index (χ3v) is 6.73. The summed E-state index contributed by atoms with van der Waals surface area (Å²) in [6, 6.07) is 28.1. The Kier molecular flexibility index (Phi) is 7.04. The van der Waals surface area contributed by atoms with Crippen LogP contribution in [0.3, 0.4) is 0 Å². The molecule has 0 aliphatic heterocycles. The molecule has 0 spiro atoms. The summed E-state index contributed by atoms with van der Waals surface area (Å²) in [5, 5.41) is 9.36. The molecule has 0 radical (unpaired) electrons. The summed E-state index contributed by atoms with van der Waals surface area (Å²) in [6.45, 7) is 0.593. The molecule has 5 rings (SSSR count). The van der Waals surface area contributed by atoms with Gasteiger partial charge in [-0.1, -0.05) is 84.6 Å². The monoisotopic (exact) mass is 482 g/mol. The Morgan fingerprint density at radius 3 is 2.11 bits per heavy atom. The first-order valence-corrected chi connectivity index (χ1v) is 12.6. The van der Waals surface area contributed by atoms with E-state index in [1.807, 2.05) is 89.8 Å². The molecule has 1 aromatic heterocycles. The first-order chi connectivity index (χ1) is 17.2. The van der Waals surface area contributed by atoms with Gasteiger partial charge in [-0.3, -0.25) is 4.79 Å². The van der Waals surface area contributed by atoms with Crippen LogP contribution in [-0.4, -0.2) is 44.9 Å². The van der Waals surface area contributed by atoms with E-state index in [2.05, 4.69) is 10.2 Å². The molecule has 6 nitrogen and oxygen atoms in total. The summed E-state index contributed by atoms with van der Waals surface area (Å²) in [7, 11) is 1.65. The van der Waals surface area contributed by atoms with Crippen molar-refractivity contribution in [3.63, 3.8) is 0 Å². The van der Waals surface area contributed by atoms with Crippen LogP contribution in [0.4, 0.5) is 0 Å². The predicted octanol–water partition coefficient (Wildman–Crippen LogP) is 5.50. The Labute approximate surface area is 209 Å². The van der Waals surface area contributed by atoms with Gasteiger partial charge in [0.05, 0.1) is 12.9 Å². The number of benzene rings is 3. The minimum Gasteiger partial charge on any atom is -0.497 e. The maximum Gasteiger partial charge on any atom is 0.233 e. The van der Waals surface area contributed by atoms with E-state index in [1.54, 1.807) is 7.11 Å². The SMILES string of the molecule is COc1ccc(CN(C(=O)CSc2nnc(-c3ccccc3)c(-c3ccccc3)n2)C2CC2)cc1. The van der Waals surface area contributed by atoms with E-state index >= 15 is 0 Å². The molecule has 35 heavy (non-hydrogen) atoms. The summed E-state index contributed by atoms with van der Waals surface area (Å²) in [5.74, 6) is 1.17. The van der Waals surface area contributed by atoms with E-state index in [0.717, 1.165) is 46.7 Å². The van der Waals surface area contributed by atoms with Crippen LogP contribution in [0.1, 0.15) is 18.4 Å². The normalized spacial score (nSPS) is 12.8. The van der Waals surface area contributed by atoms with Crippen molar-refractivity contribution in [1.29, 1.82) is 0 Å². The van der Waals surface area contributed by atoms with Crippen LogP contribution in [0.2, 0.25) is 0 Å². The zero-order valence-corrected chi connectivity index (χ0v) is 20.3. The third-order valence-electron chi connectivity index (χ3n) is 5.91. The maximum absolute atomic E-state index is 13.2. The standard InChI is InChI=1S/C28H26N4O2S/c1-34-24-16-12-20(13-17-24)18-32(23-14-15-23)25(33)19-35-28-29-26(21-8-4-2-5-9-21)27(30-31-28)22-10-6-3-7-11-22/h2-13,16-17,23H,14-15,18-19H2,1H3.